The van der Waals surface area contributed by atoms with Crippen LogP contribution in [-0.4, -0.2) is 78.5 Å². The lowest BCUT2D eigenvalue weighted by Crippen LogP contribution is -2.54. The summed E-state index contributed by atoms with van der Waals surface area (Å²) in [5, 5.41) is 0. The number of nitrogens with zero attached hydrogens (tertiary/aromatic N) is 3. The van der Waals surface area contributed by atoms with E-state index in [1.165, 1.54) is 0 Å². The van der Waals surface area contributed by atoms with Gasteiger partial charge in [0.1, 0.15) is 5.41 Å². The molecule has 1 saturated heterocycles. The number of ether oxygens (including phenoxy) is 1. The van der Waals surface area contributed by atoms with Crippen LogP contribution in [0.2, 0.25) is 0 Å². The van der Waals surface area contributed by atoms with Crippen molar-refractivity contribution in [2.24, 2.45) is 5.41 Å². The molecule has 0 N–H and O–H groups in total. The van der Waals surface area contributed by atoms with Crippen LogP contribution in [-0.2, 0) is 14.3 Å². The summed E-state index contributed by atoms with van der Waals surface area (Å²) >= 11 is 0. The van der Waals surface area contributed by atoms with Gasteiger partial charge < -0.3 is 19.4 Å². The minimum Gasteiger partial charge on any atom is -0.450 e. The Hall–Kier alpha value is -1.79. The fourth-order valence-corrected chi connectivity index (χ4v) is 3.07. The molecular formula is C16H27N3O4. The van der Waals surface area contributed by atoms with Gasteiger partial charge >= 0.3 is 6.09 Å². The van der Waals surface area contributed by atoms with Gasteiger partial charge in [0.25, 0.3) is 0 Å². The number of hydrogen-bond donors (Lipinski definition) is 0. The second kappa shape index (κ2) is 7.19. The summed E-state index contributed by atoms with van der Waals surface area (Å²) in [5.41, 5.74) is -0.835. The molecule has 1 heterocycles. The van der Waals surface area contributed by atoms with E-state index in [1.807, 2.05) is 13.8 Å². The van der Waals surface area contributed by atoms with Crippen molar-refractivity contribution in [3.05, 3.63) is 0 Å². The van der Waals surface area contributed by atoms with Crippen molar-refractivity contribution in [2.75, 3.05) is 45.9 Å². The third kappa shape index (κ3) is 3.43. The van der Waals surface area contributed by atoms with E-state index in [0.29, 0.717) is 58.7 Å². The van der Waals surface area contributed by atoms with Crippen molar-refractivity contribution < 1.29 is 19.1 Å². The molecule has 0 aromatic rings. The number of piperazine rings is 1. The number of hydrogen-bond acceptors (Lipinski definition) is 4. The zero-order chi connectivity index (χ0) is 17.0. The summed E-state index contributed by atoms with van der Waals surface area (Å²) in [4.78, 5) is 42.2. The lowest BCUT2D eigenvalue weighted by atomic mass is 10.0. The minimum atomic E-state index is -0.835. The summed E-state index contributed by atoms with van der Waals surface area (Å²) in [6.45, 7) is 9.07. The van der Waals surface area contributed by atoms with Crippen molar-refractivity contribution in [3.8, 4) is 0 Å². The predicted molar refractivity (Wildman–Crippen MR) is 84.8 cm³/mol. The Balaban J connectivity index is 1.95. The summed E-state index contributed by atoms with van der Waals surface area (Å²) in [7, 11) is 0. The highest BCUT2D eigenvalue weighted by Crippen LogP contribution is 2.49. The van der Waals surface area contributed by atoms with E-state index in [0.717, 1.165) is 0 Å². The second-order valence-corrected chi connectivity index (χ2v) is 6.04. The maximum atomic E-state index is 12.8. The second-order valence-electron chi connectivity index (χ2n) is 6.04. The van der Waals surface area contributed by atoms with Gasteiger partial charge in [-0.1, -0.05) is 0 Å². The van der Waals surface area contributed by atoms with Crippen molar-refractivity contribution in [1.82, 2.24) is 14.7 Å². The lowest BCUT2D eigenvalue weighted by molar-refractivity contribution is -0.150. The number of amides is 3. The van der Waals surface area contributed by atoms with Crippen LogP contribution in [0.5, 0.6) is 0 Å². The first-order valence-electron chi connectivity index (χ1n) is 8.50. The van der Waals surface area contributed by atoms with Gasteiger partial charge in [-0.05, 0) is 33.6 Å². The molecule has 0 radical (unpaired) electrons. The van der Waals surface area contributed by atoms with Crippen LogP contribution in [0.15, 0.2) is 0 Å². The van der Waals surface area contributed by atoms with Gasteiger partial charge in [0.05, 0.1) is 6.61 Å². The monoisotopic (exact) mass is 325 g/mol. The smallest absolute Gasteiger partial charge is 0.409 e. The summed E-state index contributed by atoms with van der Waals surface area (Å²) in [6, 6.07) is 0. The molecule has 2 aliphatic rings. The van der Waals surface area contributed by atoms with Crippen LogP contribution >= 0.6 is 0 Å². The van der Waals surface area contributed by atoms with Crippen molar-refractivity contribution in [2.45, 2.75) is 33.6 Å². The average molecular weight is 325 g/mol. The van der Waals surface area contributed by atoms with Crippen molar-refractivity contribution in [3.63, 3.8) is 0 Å². The van der Waals surface area contributed by atoms with Crippen molar-refractivity contribution in [1.29, 1.82) is 0 Å². The molecule has 0 spiro atoms. The van der Waals surface area contributed by atoms with E-state index in [9.17, 15) is 14.4 Å². The Bertz CT molecular complexity index is 464. The Morgan fingerprint density at radius 2 is 1.48 bits per heavy atom. The largest absolute Gasteiger partial charge is 0.450 e. The van der Waals surface area contributed by atoms with Crippen molar-refractivity contribution >= 4 is 17.9 Å². The van der Waals surface area contributed by atoms with Gasteiger partial charge in [-0.2, -0.15) is 0 Å². The molecule has 0 aromatic heterocycles. The van der Waals surface area contributed by atoms with Gasteiger partial charge in [-0.25, -0.2) is 4.79 Å². The number of rotatable bonds is 5. The third-order valence-electron chi connectivity index (χ3n) is 4.71. The summed E-state index contributed by atoms with van der Waals surface area (Å²) in [6.07, 6.45) is 0.943. The normalized spacial score (nSPS) is 19.3. The Morgan fingerprint density at radius 1 is 0.957 bits per heavy atom. The van der Waals surface area contributed by atoms with Crippen LogP contribution < -0.4 is 0 Å². The van der Waals surface area contributed by atoms with E-state index < -0.39 is 5.41 Å². The molecule has 2 rings (SSSR count). The van der Waals surface area contributed by atoms with E-state index in [1.54, 1.807) is 21.6 Å². The lowest BCUT2D eigenvalue weighted by Gasteiger charge is -2.36. The highest BCUT2D eigenvalue weighted by atomic mass is 16.6. The van der Waals surface area contributed by atoms with Gasteiger partial charge in [0.15, 0.2) is 0 Å². The molecule has 23 heavy (non-hydrogen) atoms. The van der Waals surface area contributed by atoms with Crippen LogP contribution in [0.1, 0.15) is 33.6 Å². The molecule has 3 amide bonds. The molecule has 2 fully saturated rings. The maximum Gasteiger partial charge on any atom is 0.409 e. The highest BCUT2D eigenvalue weighted by molar-refractivity contribution is 6.07. The van der Waals surface area contributed by atoms with E-state index in [2.05, 4.69) is 0 Å². The van der Waals surface area contributed by atoms with E-state index in [-0.39, 0.29) is 17.9 Å². The molecular weight excluding hydrogens is 298 g/mol. The molecule has 130 valence electrons. The zero-order valence-corrected chi connectivity index (χ0v) is 14.3. The van der Waals surface area contributed by atoms with Gasteiger partial charge in [-0.3, -0.25) is 9.59 Å². The molecule has 0 aromatic carbocycles. The molecule has 7 nitrogen and oxygen atoms in total. The summed E-state index contributed by atoms with van der Waals surface area (Å²) in [5.74, 6) is -0.113. The molecule has 0 unspecified atom stereocenters. The molecule has 0 atom stereocenters. The molecule has 1 aliphatic carbocycles. The maximum absolute atomic E-state index is 12.8. The fraction of sp³-hybridized carbons (Fsp3) is 0.812. The fourth-order valence-electron chi connectivity index (χ4n) is 3.07. The molecule has 1 saturated carbocycles. The first kappa shape index (κ1) is 17.6. The molecule has 7 heteroatoms. The van der Waals surface area contributed by atoms with Crippen LogP contribution in [0.25, 0.3) is 0 Å². The Morgan fingerprint density at radius 3 is 1.91 bits per heavy atom. The van der Waals surface area contributed by atoms with Crippen LogP contribution in [0.3, 0.4) is 0 Å². The summed E-state index contributed by atoms with van der Waals surface area (Å²) < 4.78 is 4.98. The van der Waals surface area contributed by atoms with Crippen LogP contribution in [0, 0.1) is 5.41 Å². The third-order valence-corrected chi connectivity index (χ3v) is 4.71. The first-order valence-corrected chi connectivity index (χ1v) is 8.50. The average Bonchev–Trinajstić information content (AvgIpc) is 3.37. The van der Waals surface area contributed by atoms with Gasteiger partial charge in [0, 0.05) is 39.3 Å². The quantitative estimate of drug-likeness (QED) is 0.705. The highest BCUT2D eigenvalue weighted by Gasteiger charge is 2.59. The Kier molecular flexibility index (Phi) is 5.49. The minimum absolute atomic E-state index is 0.0414. The number of carbonyl (C=O) groups is 3. The topological polar surface area (TPSA) is 70.2 Å². The SMILES string of the molecule is CCOC(=O)N1CCN(C(=O)C2(C(=O)N(CC)CC)CC2)CC1. The van der Waals surface area contributed by atoms with Gasteiger partial charge in [-0.15, -0.1) is 0 Å². The molecule has 0 bridgehead atoms. The standard InChI is InChI=1S/C16H27N3O4/c1-4-17(5-2)13(20)16(7-8-16)14(21)18-9-11-19(12-10-18)15(22)23-6-3/h4-12H2,1-3H3. The Labute approximate surface area is 137 Å². The van der Waals surface area contributed by atoms with Crippen LogP contribution in [0.4, 0.5) is 4.79 Å². The first-order chi connectivity index (χ1) is 11.0. The number of carbonyl (C=O) groups excluding carboxylic acids is 3. The van der Waals surface area contributed by atoms with Gasteiger partial charge in [0.2, 0.25) is 11.8 Å². The predicted octanol–water partition coefficient (Wildman–Crippen LogP) is 0.936. The zero-order valence-electron chi connectivity index (χ0n) is 14.3. The van der Waals surface area contributed by atoms with E-state index in [4.69, 9.17) is 4.74 Å². The molecule has 1 aliphatic heterocycles. The van der Waals surface area contributed by atoms with E-state index >= 15 is 0 Å².